The molecule has 1 amide bonds. The summed E-state index contributed by atoms with van der Waals surface area (Å²) in [7, 11) is 1.66. The number of thioether (sulfide) groups is 1. The number of para-hydroxylation sites is 1. The highest BCUT2D eigenvalue weighted by molar-refractivity contribution is 7.99. The molecular formula is C20H19N5O2S. The molecule has 28 heavy (non-hydrogen) atoms. The van der Waals surface area contributed by atoms with Crippen molar-refractivity contribution in [2.75, 3.05) is 19.3 Å². The zero-order valence-corrected chi connectivity index (χ0v) is 16.4. The second-order valence-corrected chi connectivity index (χ2v) is 7.20. The van der Waals surface area contributed by atoms with Crippen LogP contribution in [0.1, 0.15) is 12.0 Å². The van der Waals surface area contributed by atoms with Gasteiger partial charge in [-0.2, -0.15) is 5.26 Å². The van der Waals surface area contributed by atoms with E-state index in [4.69, 9.17) is 5.26 Å². The number of aromatic nitrogens is 3. The van der Waals surface area contributed by atoms with E-state index < -0.39 is 0 Å². The Kier molecular flexibility index (Phi) is 6.06. The van der Waals surface area contributed by atoms with Crippen molar-refractivity contribution >= 4 is 28.6 Å². The molecule has 0 aliphatic carbocycles. The SMILES string of the molecule is Cc1ccc(-n2c(SCC(=O)N(C)CCC#N)nc3ccccc3c2=O)nc1. The predicted octanol–water partition coefficient (Wildman–Crippen LogP) is 2.55. The zero-order chi connectivity index (χ0) is 20.1. The first kappa shape index (κ1) is 19.6. The minimum absolute atomic E-state index is 0.110. The molecule has 0 bridgehead atoms. The first-order valence-corrected chi connectivity index (χ1v) is 9.68. The summed E-state index contributed by atoms with van der Waals surface area (Å²) in [6.45, 7) is 2.29. The molecule has 3 aromatic rings. The molecule has 0 unspecified atom stereocenters. The first-order chi connectivity index (χ1) is 13.5. The Morgan fingerprint density at radius 1 is 1.29 bits per heavy atom. The third kappa shape index (κ3) is 4.21. The van der Waals surface area contributed by atoms with Gasteiger partial charge < -0.3 is 4.90 Å². The van der Waals surface area contributed by atoms with Gasteiger partial charge in [0.05, 0.1) is 29.1 Å². The van der Waals surface area contributed by atoms with Gasteiger partial charge in [0.25, 0.3) is 5.56 Å². The summed E-state index contributed by atoms with van der Waals surface area (Å²) in [5.74, 6) is 0.436. The maximum Gasteiger partial charge on any atom is 0.267 e. The molecule has 1 aromatic carbocycles. The maximum atomic E-state index is 13.1. The van der Waals surface area contributed by atoms with Crippen LogP contribution >= 0.6 is 11.8 Å². The molecule has 2 heterocycles. The van der Waals surface area contributed by atoms with E-state index in [-0.39, 0.29) is 23.6 Å². The van der Waals surface area contributed by atoms with Crippen molar-refractivity contribution in [3.05, 3.63) is 58.5 Å². The van der Waals surface area contributed by atoms with Gasteiger partial charge in [0.15, 0.2) is 5.16 Å². The Morgan fingerprint density at radius 2 is 2.07 bits per heavy atom. The van der Waals surface area contributed by atoms with Crippen molar-refractivity contribution in [3.63, 3.8) is 0 Å². The topological polar surface area (TPSA) is 91.9 Å². The van der Waals surface area contributed by atoms with Crippen LogP contribution in [-0.2, 0) is 4.79 Å². The normalized spacial score (nSPS) is 10.6. The molecule has 0 N–H and O–H groups in total. The van der Waals surface area contributed by atoms with E-state index >= 15 is 0 Å². The lowest BCUT2D eigenvalue weighted by Crippen LogP contribution is -2.29. The number of pyridine rings is 1. The molecule has 0 saturated carbocycles. The number of hydrogen-bond donors (Lipinski definition) is 0. The van der Waals surface area contributed by atoms with Crippen LogP contribution in [0.5, 0.6) is 0 Å². The monoisotopic (exact) mass is 393 g/mol. The van der Waals surface area contributed by atoms with Crippen molar-refractivity contribution in [1.29, 1.82) is 5.26 Å². The average molecular weight is 393 g/mol. The van der Waals surface area contributed by atoms with Crippen LogP contribution in [0.25, 0.3) is 16.7 Å². The van der Waals surface area contributed by atoms with E-state index in [0.717, 1.165) is 5.56 Å². The van der Waals surface area contributed by atoms with Gasteiger partial charge in [-0.1, -0.05) is 30.0 Å². The predicted molar refractivity (Wildman–Crippen MR) is 108 cm³/mol. The minimum Gasteiger partial charge on any atom is -0.344 e. The van der Waals surface area contributed by atoms with E-state index in [9.17, 15) is 9.59 Å². The van der Waals surface area contributed by atoms with Crippen LogP contribution in [0.2, 0.25) is 0 Å². The van der Waals surface area contributed by atoms with Gasteiger partial charge >= 0.3 is 0 Å². The summed E-state index contributed by atoms with van der Waals surface area (Å²) in [5, 5.41) is 9.57. The van der Waals surface area contributed by atoms with Gasteiger partial charge in [-0.25, -0.2) is 14.5 Å². The Labute approximate surface area is 166 Å². The summed E-state index contributed by atoms with van der Waals surface area (Å²) >= 11 is 1.18. The largest absolute Gasteiger partial charge is 0.344 e. The number of benzene rings is 1. The van der Waals surface area contributed by atoms with Crippen molar-refractivity contribution < 1.29 is 4.79 Å². The number of nitriles is 1. The van der Waals surface area contributed by atoms with Gasteiger partial charge in [0.2, 0.25) is 5.91 Å². The van der Waals surface area contributed by atoms with Crippen LogP contribution in [0.4, 0.5) is 0 Å². The summed E-state index contributed by atoms with van der Waals surface area (Å²) in [6, 6.07) is 12.8. The standard InChI is InChI=1S/C20H19N5O2S/c1-14-8-9-17(22-12-14)25-19(27)15-6-3-4-7-16(15)23-20(25)28-13-18(26)24(2)11-5-10-21/h3-4,6-9,12H,5,11,13H2,1-2H3. The Morgan fingerprint density at radius 3 is 2.79 bits per heavy atom. The fourth-order valence-electron chi connectivity index (χ4n) is 2.58. The molecular weight excluding hydrogens is 374 g/mol. The number of aryl methyl sites for hydroxylation is 1. The van der Waals surface area contributed by atoms with E-state index in [1.807, 2.05) is 25.1 Å². The van der Waals surface area contributed by atoms with Crippen LogP contribution in [0, 0.1) is 18.3 Å². The number of rotatable bonds is 6. The molecule has 0 aliphatic heterocycles. The third-order valence-corrected chi connectivity index (χ3v) is 5.10. The van der Waals surface area contributed by atoms with Gasteiger partial charge in [-0.05, 0) is 30.7 Å². The lowest BCUT2D eigenvalue weighted by Gasteiger charge is -2.16. The van der Waals surface area contributed by atoms with E-state index in [1.165, 1.54) is 21.2 Å². The second-order valence-electron chi connectivity index (χ2n) is 6.26. The van der Waals surface area contributed by atoms with Crippen molar-refractivity contribution in [2.24, 2.45) is 0 Å². The molecule has 0 spiro atoms. The smallest absolute Gasteiger partial charge is 0.267 e. The number of carbonyl (C=O) groups excluding carboxylic acids is 1. The van der Waals surface area contributed by atoms with Gasteiger partial charge in [0.1, 0.15) is 5.82 Å². The quantitative estimate of drug-likeness (QED) is 0.472. The number of hydrogen-bond acceptors (Lipinski definition) is 6. The van der Waals surface area contributed by atoms with Crippen molar-refractivity contribution in [2.45, 2.75) is 18.5 Å². The van der Waals surface area contributed by atoms with Gasteiger partial charge in [-0.15, -0.1) is 0 Å². The lowest BCUT2D eigenvalue weighted by atomic mass is 10.2. The molecule has 0 atom stereocenters. The van der Waals surface area contributed by atoms with Crippen LogP contribution in [0.15, 0.2) is 52.5 Å². The van der Waals surface area contributed by atoms with Crippen LogP contribution in [-0.4, -0.2) is 44.7 Å². The Bertz CT molecular complexity index is 1100. The van der Waals surface area contributed by atoms with E-state index in [2.05, 4.69) is 9.97 Å². The molecule has 142 valence electrons. The highest BCUT2D eigenvalue weighted by Crippen LogP contribution is 2.21. The molecule has 0 radical (unpaired) electrons. The molecule has 0 saturated heterocycles. The molecule has 0 aliphatic rings. The second kappa shape index (κ2) is 8.67. The number of amides is 1. The fraction of sp³-hybridized carbons (Fsp3) is 0.250. The molecule has 3 rings (SSSR count). The summed E-state index contributed by atoms with van der Waals surface area (Å²) in [6.07, 6.45) is 1.96. The molecule has 7 nitrogen and oxygen atoms in total. The van der Waals surface area contributed by atoms with Crippen LogP contribution in [0.3, 0.4) is 0 Å². The molecule has 0 fully saturated rings. The van der Waals surface area contributed by atoms with Crippen molar-refractivity contribution in [1.82, 2.24) is 19.4 Å². The summed E-state index contributed by atoms with van der Waals surface area (Å²) in [5.41, 5.74) is 1.33. The number of carbonyl (C=O) groups is 1. The summed E-state index contributed by atoms with van der Waals surface area (Å²) in [4.78, 5) is 35.9. The minimum atomic E-state index is -0.227. The molecule has 2 aromatic heterocycles. The van der Waals surface area contributed by atoms with Gasteiger partial charge in [0, 0.05) is 19.8 Å². The Hall–Kier alpha value is -3.18. The number of nitrogens with zero attached hydrogens (tertiary/aromatic N) is 5. The van der Waals surface area contributed by atoms with Crippen molar-refractivity contribution in [3.8, 4) is 11.9 Å². The molecule has 8 heteroatoms. The summed E-state index contributed by atoms with van der Waals surface area (Å²) < 4.78 is 1.44. The number of fused-ring (bicyclic) bond motifs is 1. The van der Waals surface area contributed by atoms with Crippen LogP contribution < -0.4 is 5.56 Å². The van der Waals surface area contributed by atoms with E-state index in [0.29, 0.717) is 28.4 Å². The third-order valence-electron chi connectivity index (χ3n) is 4.18. The Balaban J connectivity index is 1.99. The maximum absolute atomic E-state index is 13.1. The average Bonchev–Trinajstić information content (AvgIpc) is 2.71. The fourth-order valence-corrected chi connectivity index (χ4v) is 3.52. The zero-order valence-electron chi connectivity index (χ0n) is 15.6. The highest BCUT2D eigenvalue weighted by atomic mass is 32.2. The highest BCUT2D eigenvalue weighted by Gasteiger charge is 2.16. The lowest BCUT2D eigenvalue weighted by molar-refractivity contribution is -0.127. The van der Waals surface area contributed by atoms with Gasteiger partial charge in [-0.3, -0.25) is 9.59 Å². The first-order valence-electron chi connectivity index (χ1n) is 8.70. The van der Waals surface area contributed by atoms with E-state index in [1.54, 1.807) is 37.5 Å².